The number of aldehydes is 1. The summed E-state index contributed by atoms with van der Waals surface area (Å²) in [5, 5.41) is 8.73. The van der Waals surface area contributed by atoms with Crippen LogP contribution in [0.3, 0.4) is 0 Å². The van der Waals surface area contributed by atoms with Crippen LogP contribution in [0, 0.1) is 0 Å². The number of furan rings is 1. The van der Waals surface area contributed by atoms with Gasteiger partial charge in [-0.05, 0) is 25.0 Å². The van der Waals surface area contributed by atoms with Crippen LogP contribution in [0.15, 0.2) is 16.5 Å². The molecule has 2 heterocycles. The molecule has 0 amide bonds. The molecule has 8 heteroatoms. The smallest absolute Gasteiger partial charge is 0.303 e. The number of ether oxygens (including phenoxy) is 3. The van der Waals surface area contributed by atoms with Crippen molar-refractivity contribution in [2.24, 2.45) is 0 Å². The van der Waals surface area contributed by atoms with E-state index in [4.69, 9.17) is 19.0 Å². The Balaban J connectivity index is 0.000000443. The van der Waals surface area contributed by atoms with Crippen LogP contribution in [-0.2, 0) is 30.4 Å². The third-order valence-electron chi connectivity index (χ3n) is 3.09. The molecule has 24 heavy (non-hydrogen) atoms. The van der Waals surface area contributed by atoms with E-state index in [2.05, 4.69) is 4.74 Å². The predicted octanol–water partition coefficient (Wildman–Crippen LogP) is 1.49. The zero-order chi connectivity index (χ0) is 17.9. The molecule has 1 aliphatic rings. The van der Waals surface area contributed by atoms with Crippen LogP contribution in [0.4, 0.5) is 0 Å². The topological polar surface area (TPSA) is 112 Å². The molecule has 2 atom stereocenters. The lowest BCUT2D eigenvalue weighted by atomic mass is 10.2. The van der Waals surface area contributed by atoms with Crippen molar-refractivity contribution in [2.45, 2.75) is 45.5 Å². The van der Waals surface area contributed by atoms with Crippen LogP contribution in [0.25, 0.3) is 0 Å². The zero-order valence-corrected chi connectivity index (χ0v) is 13.7. The monoisotopic (exact) mass is 344 g/mol. The average molecular weight is 344 g/mol. The van der Waals surface area contributed by atoms with Crippen molar-refractivity contribution in [2.75, 3.05) is 13.2 Å². The molecule has 1 N–H and O–H groups in total. The van der Waals surface area contributed by atoms with E-state index in [9.17, 15) is 14.4 Å². The lowest BCUT2D eigenvalue weighted by molar-refractivity contribution is -0.145. The maximum Gasteiger partial charge on any atom is 0.303 e. The summed E-state index contributed by atoms with van der Waals surface area (Å²) in [6.45, 7) is 3.12. The van der Waals surface area contributed by atoms with Crippen molar-refractivity contribution < 1.29 is 39.5 Å². The summed E-state index contributed by atoms with van der Waals surface area (Å²) < 4.78 is 19.7. The second kappa shape index (κ2) is 10.6. The van der Waals surface area contributed by atoms with Gasteiger partial charge in [0.1, 0.15) is 19.0 Å². The quantitative estimate of drug-likeness (QED) is 0.610. The molecular formula is C16H24O8. The molecule has 0 aliphatic carbocycles. The van der Waals surface area contributed by atoms with E-state index in [1.807, 2.05) is 0 Å². The Morgan fingerprint density at radius 3 is 2.42 bits per heavy atom. The Morgan fingerprint density at radius 1 is 1.25 bits per heavy atom. The lowest BCUT2D eigenvalue weighted by Crippen LogP contribution is -2.20. The SMILES string of the molecule is CC(=O)OCC1CCC(CO)O1.CC(=O)OCc1ccc(C=O)o1.[HH]. The summed E-state index contributed by atoms with van der Waals surface area (Å²) in [5.74, 6) is 0.0366. The van der Waals surface area contributed by atoms with Crippen LogP contribution < -0.4 is 0 Å². The third kappa shape index (κ3) is 7.89. The highest BCUT2D eigenvalue weighted by atomic mass is 16.6. The van der Waals surface area contributed by atoms with Crippen molar-refractivity contribution in [3.05, 3.63) is 23.7 Å². The maximum atomic E-state index is 10.4. The second-order valence-corrected chi connectivity index (χ2v) is 5.14. The number of carbonyl (C=O) groups is 3. The Bertz CT molecular complexity index is 542. The summed E-state index contributed by atoms with van der Waals surface area (Å²) in [7, 11) is 0. The van der Waals surface area contributed by atoms with Crippen LogP contribution in [0.2, 0.25) is 0 Å². The minimum atomic E-state index is -0.376. The van der Waals surface area contributed by atoms with Gasteiger partial charge in [0.2, 0.25) is 0 Å². The molecule has 0 radical (unpaired) electrons. The molecule has 1 aliphatic heterocycles. The van der Waals surface area contributed by atoms with Crippen molar-refractivity contribution in [1.29, 1.82) is 0 Å². The van der Waals surface area contributed by atoms with Gasteiger partial charge in [-0.1, -0.05) is 0 Å². The Morgan fingerprint density at radius 2 is 1.92 bits per heavy atom. The number of rotatable bonds is 6. The minimum absolute atomic E-state index is 0. The summed E-state index contributed by atoms with van der Waals surface area (Å²) in [5.41, 5.74) is 0. The number of hydrogen-bond acceptors (Lipinski definition) is 8. The first-order valence-corrected chi connectivity index (χ1v) is 7.51. The lowest BCUT2D eigenvalue weighted by Gasteiger charge is -2.11. The number of aliphatic hydroxyl groups is 1. The van der Waals surface area contributed by atoms with Gasteiger partial charge in [0.05, 0.1) is 18.8 Å². The van der Waals surface area contributed by atoms with Gasteiger partial charge in [0.25, 0.3) is 0 Å². The molecule has 1 fully saturated rings. The van der Waals surface area contributed by atoms with E-state index in [1.54, 1.807) is 6.07 Å². The van der Waals surface area contributed by atoms with Crippen molar-refractivity contribution >= 4 is 18.2 Å². The molecule has 1 aromatic rings. The van der Waals surface area contributed by atoms with Gasteiger partial charge in [-0.15, -0.1) is 0 Å². The fourth-order valence-corrected chi connectivity index (χ4v) is 1.96. The van der Waals surface area contributed by atoms with E-state index in [1.165, 1.54) is 19.9 Å². The zero-order valence-electron chi connectivity index (χ0n) is 13.7. The Hall–Kier alpha value is -2.19. The standard InChI is InChI=1S/C8H14O4.C8H8O4.H2/c2*1-6(10)11-5-8-3-2-7(4-9)12-8;/h7-9H,2-5H2,1H3;2-4H,5H2,1H3;1H. The highest BCUT2D eigenvalue weighted by molar-refractivity contribution is 5.70. The second-order valence-electron chi connectivity index (χ2n) is 5.14. The van der Waals surface area contributed by atoms with E-state index < -0.39 is 0 Å². The average Bonchev–Trinajstić information content (AvgIpc) is 3.20. The van der Waals surface area contributed by atoms with Gasteiger partial charge in [-0.25, -0.2) is 0 Å². The minimum Gasteiger partial charge on any atom is -0.463 e. The van der Waals surface area contributed by atoms with Gasteiger partial charge >= 0.3 is 11.9 Å². The molecule has 8 nitrogen and oxygen atoms in total. The van der Waals surface area contributed by atoms with Gasteiger partial charge < -0.3 is 23.7 Å². The highest BCUT2D eigenvalue weighted by Gasteiger charge is 2.25. The van der Waals surface area contributed by atoms with Crippen LogP contribution >= 0.6 is 0 Å². The predicted molar refractivity (Wildman–Crippen MR) is 83.3 cm³/mol. The van der Waals surface area contributed by atoms with Crippen LogP contribution in [0.1, 0.15) is 44.4 Å². The van der Waals surface area contributed by atoms with Gasteiger partial charge in [0.15, 0.2) is 12.0 Å². The van der Waals surface area contributed by atoms with E-state index in [0.29, 0.717) is 18.7 Å². The summed E-state index contributed by atoms with van der Waals surface area (Å²) >= 11 is 0. The van der Waals surface area contributed by atoms with E-state index in [-0.39, 0.29) is 44.5 Å². The van der Waals surface area contributed by atoms with E-state index >= 15 is 0 Å². The molecule has 0 spiro atoms. The van der Waals surface area contributed by atoms with Gasteiger partial charge in [-0.2, -0.15) is 0 Å². The first kappa shape index (κ1) is 19.9. The molecule has 1 saturated heterocycles. The Labute approximate surface area is 141 Å². The molecule has 0 aromatic carbocycles. The highest BCUT2D eigenvalue weighted by Crippen LogP contribution is 2.19. The summed E-state index contributed by atoms with van der Waals surface area (Å²) in [6.07, 6.45) is 2.22. The molecule has 0 saturated carbocycles. The molecule has 0 bridgehead atoms. The molecular weight excluding hydrogens is 320 g/mol. The van der Waals surface area contributed by atoms with Gasteiger partial charge in [0, 0.05) is 15.3 Å². The van der Waals surface area contributed by atoms with Crippen LogP contribution in [0.5, 0.6) is 0 Å². The Kier molecular flexibility index (Phi) is 8.74. The number of esters is 2. The first-order chi connectivity index (χ1) is 11.4. The number of aliphatic hydroxyl groups excluding tert-OH is 1. The van der Waals surface area contributed by atoms with Crippen molar-refractivity contribution in [3.8, 4) is 0 Å². The van der Waals surface area contributed by atoms with Crippen molar-refractivity contribution in [1.82, 2.24) is 0 Å². The molecule has 136 valence electrons. The molecule has 2 rings (SSSR count). The fourth-order valence-electron chi connectivity index (χ4n) is 1.96. The first-order valence-electron chi connectivity index (χ1n) is 7.51. The van der Waals surface area contributed by atoms with E-state index in [0.717, 1.165) is 12.8 Å². The largest absolute Gasteiger partial charge is 0.463 e. The van der Waals surface area contributed by atoms with Gasteiger partial charge in [-0.3, -0.25) is 14.4 Å². The summed E-state index contributed by atoms with van der Waals surface area (Å²) in [4.78, 5) is 30.9. The van der Waals surface area contributed by atoms with Crippen LogP contribution in [-0.4, -0.2) is 48.8 Å². The molecule has 2 unspecified atom stereocenters. The number of hydrogen-bond donors (Lipinski definition) is 1. The summed E-state index contributed by atoms with van der Waals surface area (Å²) in [6, 6.07) is 3.11. The maximum absolute atomic E-state index is 10.4. The number of carbonyl (C=O) groups excluding carboxylic acids is 3. The normalized spacial score (nSPS) is 19.1. The molecule has 1 aromatic heterocycles. The third-order valence-corrected chi connectivity index (χ3v) is 3.09. The van der Waals surface area contributed by atoms with Crippen molar-refractivity contribution in [3.63, 3.8) is 0 Å². The fraction of sp³-hybridized carbons (Fsp3) is 0.562.